The fourth-order valence-corrected chi connectivity index (χ4v) is 7.94. The van der Waals surface area contributed by atoms with Crippen LogP contribution in [0.4, 0.5) is 0 Å². The average molecular weight is 743 g/mol. The fourth-order valence-electron chi connectivity index (χ4n) is 7.94. The summed E-state index contributed by atoms with van der Waals surface area (Å²) in [7, 11) is 0. The first-order valence-electron chi connectivity index (χ1n) is 19.5. The fraction of sp³-hybridized carbons (Fsp3) is 0.137. The number of carbonyl (C=O) groups excluding carboxylic acids is 1. The minimum atomic E-state index is -0.838. The second kappa shape index (κ2) is 14.6. The number of nitrogens with zero attached hydrogens (tertiary/aromatic N) is 3. The maximum Gasteiger partial charge on any atom is 0.319 e. The van der Waals surface area contributed by atoms with Gasteiger partial charge in [0.25, 0.3) is 0 Å². The van der Waals surface area contributed by atoms with Gasteiger partial charge < -0.3 is 9.72 Å². The van der Waals surface area contributed by atoms with Gasteiger partial charge in [-0.2, -0.15) is 0 Å². The topological polar surface area (TPSA) is 79.2 Å². The molecule has 1 unspecified atom stereocenters. The van der Waals surface area contributed by atoms with E-state index in [0.29, 0.717) is 5.71 Å². The normalized spacial score (nSPS) is 17.2. The molecule has 278 valence electrons. The minimum Gasteiger partial charge on any atom is -0.465 e. The van der Waals surface area contributed by atoms with Crippen molar-refractivity contribution in [1.29, 1.82) is 0 Å². The highest BCUT2D eigenvalue weighted by Gasteiger charge is 2.40. The lowest BCUT2D eigenvalue weighted by Gasteiger charge is -2.22. The van der Waals surface area contributed by atoms with Crippen molar-refractivity contribution in [3.63, 3.8) is 0 Å². The molecule has 0 aliphatic carbocycles. The van der Waals surface area contributed by atoms with Gasteiger partial charge in [-0.25, -0.2) is 9.98 Å². The summed E-state index contributed by atoms with van der Waals surface area (Å²) in [5.74, 6) is -1.21. The highest BCUT2D eigenvalue weighted by atomic mass is 16.5. The van der Waals surface area contributed by atoms with Gasteiger partial charge in [-0.3, -0.25) is 9.79 Å². The second-order valence-corrected chi connectivity index (χ2v) is 15.0. The van der Waals surface area contributed by atoms with Crippen LogP contribution in [0.2, 0.25) is 0 Å². The highest BCUT2D eigenvalue weighted by molar-refractivity contribution is 6.36. The average Bonchev–Trinajstić information content (AvgIpc) is 4.05. The van der Waals surface area contributed by atoms with Crippen molar-refractivity contribution in [1.82, 2.24) is 4.98 Å². The van der Waals surface area contributed by atoms with Crippen LogP contribution in [-0.2, 0) is 9.53 Å². The molecule has 5 aromatic rings. The summed E-state index contributed by atoms with van der Waals surface area (Å²) in [5.41, 5.74) is 16.5. The number of fused-ring (bicyclic) bond motifs is 6. The summed E-state index contributed by atoms with van der Waals surface area (Å²) in [6.45, 7) is 10.4. The van der Waals surface area contributed by atoms with E-state index in [4.69, 9.17) is 19.7 Å². The number of aromatic nitrogens is 1. The van der Waals surface area contributed by atoms with E-state index in [1.807, 2.05) is 19.2 Å². The predicted molar refractivity (Wildman–Crippen MR) is 232 cm³/mol. The zero-order valence-electron chi connectivity index (χ0n) is 32.7. The van der Waals surface area contributed by atoms with Crippen LogP contribution in [0, 0.1) is 33.6 Å². The first-order valence-corrected chi connectivity index (χ1v) is 19.5. The number of aliphatic imine (C=N–C) groups is 3. The maximum absolute atomic E-state index is 14.5. The Morgan fingerprint density at radius 3 is 1.39 bits per heavy atom. The van der Waals surface area contributed by atoms with Gasteiger partial charge in [0, 0.05) is 44.8 Å². The third-order valence-corrected chi connectivity index (χ3v) is 10.9. The number of ether oxygens (including phenoxy) is 1. The summed E-state index contributed by atoms with van der Waals surface area (Å²) >= 11 is 0. The number of allylic oxidation sites excluding steroid dienone is 6. The number of benzene rings is 4. The van der Waals surface area contributed by atoms with E-state index in [2.05, 4.69) is 160 Å². The lowest BCUT2D eigenvalue weighted by atomic mass is 9.82. The monoisotopic (exact) mass is 742 g/mol. The first kappa shape index (κ1) is 35.8. The Labute approximate surface area is 332 Å². The van der Waals surface area contributed by atoms with Crippen molar-refractivity contribution in [2.75, 3.05) is 6.61 Å². The number of rotatable bonds is 6. The van der Waals surface area contributed by atoms with E-state index in [1.165, 1.54) is 11.1 Å². The Morgan fingerprint density at radius 1 is 0.544 bits per heavy atom. The van der Waals surface area contributed by atoms with E-state index >= 15 is 0 Å². The quantitative estimate of drug-likeness (QED) is 0.176. The van der Waals surface area contributed by atoms with Crippen LogP contribution in [0.5, 0.6) is 0 Å². The van der Waals surface area contributed by atoms with Crippen LogP contribution in [-0.4, -0.2) is 34.7 Å². The van der Waals surface area contributed by atoms with Gasteiger partial charge in [0.05, 0.1) is 35.1 Å². The molecule has 4 aliphatic rings. The summed E-state index contributed by atoms with van der Waals surface area (Å²) in [6.07, 6.45) is 10.1. The van der Waals surface area contributed by atoms with E-state index in [1.54, 1.807) is 0 Å². The molecule has 0 saturated heterocycles. The summed E-state index contributed by atoms with van der Waals surface area (Å²) in [6, 6.07) is 38.1. The van der Waals surface area contributed by atoms with Crippen LogP contribution < -0.4 is 10.7 Å². The van der Waals surface area contributed by atoms with Gasteiger partial charge in [-0.05, 0) is 93.3 Å². The Morgan fingerprint density at radius 2 is 0.947 bits per heavy atom. The van der Waals surface area contributed by atoms with E-state index in [0.717, 1.165) is 94.8 Å². The molecule has 57 heavy (non-hydrogen) atoms. The molecule has 4 aromatic carbocycles. The molecule has 0 amide bonds. The molecule has 8 bridgehead atoms. The van der Waals surface area contributed by atoms with E-state index in [9.17, 15) is 4.79 Å². The number of carbonyl (C=O) groups is 1. The number of hydrogen-bond donors (Lipinski definition) is 1. The van der Waals surface area contributed by atoms with Crippen molar-refractivity contribution >= 4 is 45.4 Å². The Kier molecular flexibility index (Phi) is 9.18. The molecule has 0 spiro atoms. The molecule has 5 heterocycles. The molecule has 1 aromatic heterocycles. The van der Waals surface area contributed by atoms with Crippen molar-refractivity contribution < 1.29 is 9.53 Å². The number of nitrogens with one attached hydrogen (secondary N) is 1. The molecule has 9 rings (SSSR count). The lowest BCUT2D eigenvalue weighted by molar-refractivity contribution is -0.144. The number of aryl methyl sites for hydroxylation is 4. The molecule has 4 aliphatic heterocycles. The van der Waals surface area contributed by atoms with Crippen molar-refractivity contribution in [2.45, 2.75) is 34.6 Å². The van der Waals surface area contributed by atoms with Gasteiger partial charge in [-0.1, -0.05) is 119 Å². The van der Waals surface area contributed by atoms with Crippen molar-refractivity contribution in [3.8, 4) is 0 Å². The van der Waals surface area contributed by atoms with Crippen LogP contribution >= 0.6 is 0 Å². The third-order valence-electron chi connectivity index (χ3n) is 10.9. The molecule has 1 atom stereocenters. The Hall–Kier alpha value is -6.92. The molecule has 0 saturated carbocycles. The summed E-state index contributed by atoms with van der Waals surface area (Å²) in [4.78, 5) is 34.2. The summed E-state index contributed by atoms with van der Waals surface area (Å²) < 4.78 is 5.89. The van der Waals surface area contributed by atoms with Crippen LogP contribution in [0.25, 0.3) is 22.3 Å². The van der Waals surface area contributed by atoms with Crippen molar-refractivity contribution in [2.24, 2.45) is 20.9 Å². The zero-order valence-corrected chi connectivity index (χ0v) is 32.7. The molecule has 6 nitrogen and oxygen atoms in total. The largest absolute Gasteiger partial charge is 0.465 e. The molecular formula is C51H42N4O2. The lowest BCUT2D eigenvalue weighted by Crippen LogP contribution is -2.28. The van der Waals surface area contributed by atoms with Crippen LogP contribution in [0.1, 0.15) is 51.4 Å². The van der Waals surface area contributed by atoms with E-state index < -0.39 is 5.92 Å². The second-order valence-electron chi connectivity index (χ2n) is 15.0. The van der Waals surface area contributed by atoms with Gasteiger partial charge in [0.15, 0.2) is 0 Å². The number of aromatic amines is 1. The Bertz CT molecular complexity index is 2660. The Balaban J connectivity index is 1.42. The maximum atomic E-state index is 14.5. The third kappa shape index (κ3) is 6.63. The van der Waals surface area contributed by atoms with Gasteiger partial charge in [0.2, 0.25) is 0 Å². The summed E-state index contributed by atoms with van der Waals surface area (Å²) in [5, 5.41) is 1.86. The van der Waals surface area contributed by atoms with Gasteiger partial charge in [0.1, 0.15) is 5.92 Å². The SMILES string of the molecule is CCOC(=O)C1C2=CN=C1C(c1ccc(C)cc1)=C1C=CC(=N1)C(c1ccc(C)cc1)=c1ccc([nH]1)=C(c1ccc(C)cc1)C1=NC(=C2c2ccc(C)cc2)C=C1. The molecular weight excluding hydrogens is 701 g/mol. The molecule has 6 heteroatoms. The van der Waals surface area contributed by atoms with Gasteiger partial charge in [-0.15, -0.1) is 0 Å². The predicted octanol–water partition coefficient (Wildman–Crippen LogP) is 9.02. The minimum absolute atomic E-state index is 0.230. The van der Waals surface area contributed by atoms with Crippen molar-refractivity contribution in [3.05, 3.63) is 212 Å². The number of hydrogen-bond acceptors (Lipinski definition) is 5. The van der Waals surface area contributed by atoms with Crippen LogP contribution in [0.3, 0.4) is 0 Å². The number of H-pyrrole nitrogens is 1. The number of esters is 1. The zero-order chi connectivity index (χ0) is 39.2. The standard InChI is InChI=1S/C51H42N4O2/c1-6-57-51(56)49-38-29-52-50(49)48(37-21-13-33(5)14-22-37)44-28-27-43(55-44)47(36-19-11-32(4)12-20-36)42-26-25-41(54-42)46(35-17-9-31(3)10-18-35)40-24-23-39(53-40)45(38)34-15-7-30(2)8-16-34/h7-29,49,54H,6H2,1-5H3. The molecule has 1 N–H and O–H groups in total. The first-order chi connectivity index (χ1) is 27.7. The smallest absolute Gasteiger partial charge is 0.319 e. The van der Waals surface area contributed by atoms with Gasteiger partial charge >= 0.3 is 5.97 Å². The highest BCUT2D eigenvalue weighted by Crippen LogP contribution is 2.43. The van der Waals surface area contributed by atoms with E-state index in [-0.39, 0.29) is 12.6 Å². The van der Waals surface area contributed by atoms with Crippen LogP contribution in [0.15, 0.2) is 172 Å². The molecule has 0 fully saturated rings. The molecule has 0 radical (unpaired) electrons.